The van der Waals surface area contributed by atoms with Crippen LogP contribution in [-0.2, 0) is 11.3 Å². The predicted octanol–water partition coefficient (Wildman–Crippen LogP) is 4.00. The quantitative estimate of drug-likeness (QED) is 0.324. The summed E-state index contributed by atoms with van der Waals surface area (Å²) in [6.07, 6.45) is 6.66. The van der Waals surface area contributed by atoms with Crippen LogP contribution >= 0.6 is 12.0 Å². The van der Waals surface area contributed by atoms with Crippen molar-refractivity contribution in [2.75, 3.05) is 7.11 Å². The second kappa shape index (κ2) is 8.88. The van der Waals surface area contributed by atoms with Crippen LogP contribution in [0.2, 0.25) is 0 Å². The van der Waals surface area contributed by atoms with E-state index < -0.39 is 5.97 Å². The number of carbonyl (C=O) groups is 1. The van der Waals surface area contributed by atoms with Crippen LogP contribution < -0.4 is 9.30 Å². The van der Waals surface area contributed by atoms with Gasteiger partial charge >= 0.3 is 5.97 Å². The van der Waals surface area contributed by atoms with Gasteiger partial charge in [-0.1, -0.05) is 0 Å². The predicted molar refractivity (Wildman–Crippen MR) is 101 cm³/mol. The number of hydrogen-bond donors (Lipinski definition) is 2. The summed E-state index contributed by atoms with van der Waals surface area (Å²) in [7, 11) is 1.54. The van der Waals surface area contributed by atoms with Crippen LogP contribution in [0.5, 0.6) is 5.75 Å². The summed E-state index contributed by atoms with van der Waals surface area (Å²) in [5.41, 5.74) is 2.10. The average Bonchev–Trinajstić information content (AvgIpc) is 3.09. The Kier molecular flexibility index (Phi) is 6.31. The van der Waals surface area contributed by atoms with E-state index in [1.54, 1.807) is 12.1 Å². The number of methoxy groups -OCH3 is 1. The number of ether oxygens (including phenoxy) is 1. The van der Waals surface area contributed by atoms with Gasteiger partial charge in [-0.05, 0) is 18.9 Å². The summed E-state index contributed by atoms with van der Waals surface area (Å²) in [5.74, 6) is 0.292. The van der Waals surface area contributed by atoms with E-state index in [2.05, 4.69) is 9.55 Å². The van der Waals surface area contributed by atoms with Gasteiger partial charge in [-0.2, -0.15) is 0 Å². The first-order chi connectivity index (χ1) is 13.1. The molecule has 142 valence electrons. The second-order valence-corrected chi connectivity index (χ2v) is 6.73. The van der Waals surface area contributed by atoms with E-state index in [0.717, 1.165) is 24.9 Å². The van der Waals surface area contributed by atoms with E-state index in [0.29, 0.717) is 46.1 Å². The number of rotatable bonds is 9. The monoisotopic (exact) mass is 389 g/mol. The van der Waals surface area contributed by atoms with Crippen molar-refractivity contribution >= 4 is 29.1 Å². The third kappa shape index (κ3) is 4.78. The van der Waals surface area contributed by atoms with Crippen LogP contribution in [0, 0.1) is 0 Å². The zero-order chi connectivity index (χ0) is 19.2. The Morgan fingerprint density at radius 3 is 2.70 bits per heavy atom. The third-order valence-corrected chi connectivity index (χ3v) is 4.73. The molecule has 0 atom stereocenters. The molecule has 0 spiro atoms. The zero-order valence-electron chi connectivity index (χ0n) is 14.9. The zero-order valence-corrected chi connectivity index (χ0v) is 15.7. The fourth-order valence-electron chi connectivity index (χ4n) is 2.79. The summed E-state index contributed by atoms with van der Waals surface area (Å²) in [6, 6.07) is 7.30. The van der Waals surface area contributed by atoms with Gasteiger partial charge in [-0.3, -0.25) is 4.79 Å². The summed E-state index contributed by atoms with van der Waals surface area (Å²) in [4.78, 5) is 15.6. The van der Waals surface area contributed by atoms with E-state index in [1.807, 2.05) is 24.5 Å². The topological polar surface area (TPSA) is 96.7 Å². The standard InChI is InChI=1S/C19H20N2O5S/c1-25-16-12-15-14(11-17(16)27-24)20-19(26-15)13-6-9-21(10-7-13)8-4-2-3-5-18(22)23/h6-7,9-12H,2-5,8H2,1H3,(H-,22,23,24)/p+1. The van der Waals surface area contributed by atoms with Gasteiger partial charge in [-0.25, -0.2) is 9.55 Å². The minimum absolute atomic E-state index is 0.225. The first-order valence-corrected chi connectivity index (χ1v) is 9.39. The van der Waals surface area contributed by atoms with Gasteiger partial charge in [0.25, 0.3) is 0 Å². The smallest absolute Gasteiger partial charge is 0.303 e. The normalized spacial score (nSPS) is 11.0. The van der Waals surface area contributed by atoms with Crippen molar-refractivity contribution in [1.82, 2.24) is 4.98 Å². The highest BCUT2D eigenvalue weighted by Gasteiger charge is 2.14. The van der Waals surface area contributed by atoms with Gasteiger partial charge in [-0.15, -0.1) is 0 Å². The SMILES string of the molecule is COc1cc2oc(-c3cc[n+](CCCCCC(=O)O)cc3)nc2cc1SO. The largest absolute Gasteiger partial charge is 0.495 e. The molecule has 0 bridgehead atoms. The van der Waals surface area contributed by atoms with Crippen molar-refractivity contribution in [2.24, 2.45) is 0 Å². The average molecular weight is 389 g/mol. The van der Waals surface area contributed by atoms with Crippen LogP contribution in [0.4, 0.5) is 0 Å². The lowest BCUT2D eigenvalue weighted by Crippen LogP contribution is -2.32. The highest BCUT2D eigenvalue weighted by Crippen LogP contribution is 2.33. The summed E-state index contributed by atoms with van der Waals surface area (Å²) < 4.78 is 22.5. The molecule has 2 aromatic heterocycles. The molecule has 0 aliphatic rings. The number of pyridine rings is 1. The number of aryl methyl sites for hydroxylation is 1. The molecule has 0 amide bonds. The van der Waals surface area contributed by atoms with Gasteiger partial charge in [0, 0.05) is 48.6 Å². The molecule has 0 saturated carbocycles. The van der Waals surface area contributed by atoms with Crippen LogP contribution in [-0.4, -0.2) is 27.7 Å². The summed E-state index contributed by atoms with van der Waals surface area (Å²) in [5, 5.41) is 8.64. The van der Waals surface area contributed by atoms with Crippen LogP contribution in [0.3, 0.4) is 0 Å². The Hall–Kier alpha value is -2.58. The fraction of sp³-hybridized carbons (Fsp3) is 0.316. The number of carboxylic acid groups (broad SMARTS) is 1. The molecule has 2 heterocycles. The highest BCUT2D eigenvalue weighted by atomic mass is 32.2. The Labute approximate surface area is 160 Å². The van der Waals surface area contributed by atoms with E-state index in [-0.39, 0.29) is 6.42 Å². The minimum Gasteiger partial charge on any atom is -0.495 e. The fourth-order valence-corrected chi connectivity index (χ4v) is 3.18. The molecule has 0 unspecified atom stereocenters. The second-order valence-electron chi connectivity index (χ2n) is 6.11. The van der Waals surface area contributed by atoms with Gasteiger partial charge in [0.1, 0.15) is 17.8 Å². The summed E-state index contributed by atoms with van der Waals surface area (Å²) in [6.45, 7) is 0.835. The molecule has 0 aliphatic heterocycles. The molecule has 8 heteroatoms. The minimum atomic E-state index is -0.743. The molecule has 3 aromatic rings. The molecule has 27 heavy (non-hydrogen) atoms. The van der Waals surface area contributed by atoms with E-state index in [4.69, 9.17) is 14.3 Å². The molecule has 0 fully saturated rings. The number of carboxylic acids is 1. The van der Waals surface area contributed by atoms with Crippen LogP contribution in [0.1, 0.15) is 25.7 Å². The highest BCUT2D eigenvalue weighted by molar-refractivity contribution is 7.93. The maximum absolute atomic E-state index is 10.5. The van der Waals surface area contributed by atoms with Gasteiger partial charge in [0.2, 0.25) is 5.89 Å². The maximum atomic E-state index is 10.5. The van der Waals surface area contributed by atoms with Crippen molar-refractivity contribution in [2.45, 2.75) is 37.1 Å². The lowest BCUT2D eigenvalue weighted by atomic mass is 10.2. The number of benzene rings is 1. The molecule has 1 aromatic carbocycles. The van der Waals surface area contributed by atoms with Crippen molar-refractivity contribution in [3.05, 3.63) is 36.7 Å². The molecular weight excluding hydrogens is 368 g/mol. The molecule has 0 aliphatic carbocycles. The molecule has 2 N–H and O–H groups in total. The Balaban J connectivity index is 1.68. The molecule has 3 rings (SSSR count). The van der Waals surface area contributed by atoms with Gasteiger partial charge in [0.05, 0.1) is 12.0 Å². The van der Waals surface area contributed by atoms with Gasteiger partial charge < -0.3 is 18.8 Å². The van der Waals surface area contributed by atoms with E-state index in [9.17, 15) is 9.35 Å². The third-order valence-electron chi connectivity index (χ3n) is 4.22. The lowest BCUT2D eigenvalue weighted by Gasteiger charge is -2.03. The Morgan fingerprint density at radius 2 is 2.04 bits per heavy atom. The summed E-state index contributed by atoms with van der Waals surface area (Å²) >= 11 is 0.612. The van der Waals surface area contributed by atoms with Crippen molar-refractivity contribution in [1.29, 1.82) is 0 Å². The van der Waals surface area contributed by atoms with Crippen LogP contribution in [0.15, 0.2) is 46.0 Å². The molecule has 0 saturated heterocycles. The van der Waals surface area contributed by atoms with Crippen molar-refractivity contribution < 1.29 is 28.2 Å². The number of nitrogens with zero attached hydrogens (tertiary/aromatic N) is 2. The van der Waals surface area contributed by atoms with Crippen LogP contribution in [0.25, 0.3) is 22.6 Å². The van der Waals surface area contributed by atoms with Gasteiger partial charge in [0.15, 0.2) is 18.0 Å². The Morgan fingerprint density at radius 1 is 1.26 bits per heavy atom. The number of fused-ring (bicyclic) bond motifs is 1. The number of unbranched alkanes of at least 4 members (excludes halogenated alkanes) is 2. The van der Waals surface area contributed by atoms with Crippen molar-refractivity contribution in [3.63, 3.8) is 0 Å². The maximum Gasteiger partial charge on any atom is 0.303 e. The number of oxazole rings is 1. The molecule has 7 nitrogen and oxygen atoms in total. The van der Waals surface area contributed by atoms with E-state index >= 15 is 0 Å². The molecule has 0 radical (unpaired) electrons. The first-order valence-electron chi connectivity index (χ1n) is 8.62. The Bertz CT molecular complexity index is 883. The number of aliphatic carboxylic acids is 1. The number of aromatic nitrogens is 2. The number of hydrogen-bond acceptors (Lipinski definition) is 6. The van der Waals surface area contributed by atoms with E-state index in [1.165, 1.54) is 7.11 Å². The lowest BCUT2D eigenvalue weighted by molar-refractivity contribution is -0.697. The first kappa shape index (κ1) is 19.2. The van der Waals surface area contributed by atoms with Crippen molar-refractivity contribution in [3.8, 4) is 17.2 Å². The molecular formula is C19H21N2O5S+.